The minimum absolute atomic E-state index is 0.239. The van der Waals surface area contributed by atoms with Crippen LogP contribution in [0.1, 0.15) is 23.2 Å². The fourth-order valence-electron chi connectivity index (χ4n) is 6.41. The van der Waals surface area contributed by atoms with Gasteiger partial charge in [-0.3, -0.25) is 0 Å². The maximum Gasteiger partial charge on any atom is 0.102 e. The Labute approximate surface area is 227 Å². The van der Waals surface area contributed by atoms with E-state index in [1.165, 1.54) is 60.9 Å². The number of para-hydroxylation sites is 2. The number of hydrogen-bond donors (Lipinski definition) is 2. The number of fused-ring (bicyclic) bond motifs is 6. The normalized spacial score (nSPS) is 16.0. The highest BCUT2D eigenvalue weighted by atomic mass is 15.0. The van der Waals surface area contributed by atoms with Crippen LogP contribution in [0.5, 0.6) is 0 Å². The van der Waals surface area contributed by atoms with Crippen molar-refractivity contribution in [2.75, 3.05) is 5.32 Å². The first-order chi connectivity index (χ1) is 19.3. The van der Waals surface area contributed by atoms with E-state index in [9.17, 15) is 0 Å². The Morgan fingerprint density at radius 1 is 0.615 bits per heavy atom. The minimum Gasteiger partial charge on any atom is -0.366 e. The number of nitrogens with zero attached hydrogens (tertiary/aromatic N) is 1. The number of anilines is 1. The molecule has 39 heavy (non-hydrogen) atoms. The van der Waals surface area contributed by atoms with Gasteiger partial charge in [0.25, 0.3) is 0 Å². The zero-order chi connectivity index (χ0) is 25.9. The van der Waals surface area contributed by atoms with Crippen LogP contribution in [0.25, 0.3) is 49.7 Å². The summed E-state index contributed by atoms with van der Waals surface area (Å²) in [5.74, 6) is 0.266. The molecule has 1 aliphatic heterocycles. The highest BCUT2D eigenvalue weighted by Crippen LogP contribution is 2.45. The van der Waals surface area contributed by atoms with Gasteiger partial charge in [0.15, 0.2) is 0 Å². The third-order valence-electron chi connectivity index (χ3n) is 8.20. The molecule has 6 aromatic rings. The fraction of sp³-hybridized carbons (Fsp3) is 0.0556. The molecule has 0 bridgehead atoms. The van der Waals surface area contributed by atoms with Crippen molar-refractivity contribution in [1.82, 2.24) is 4.57 Å². The van der Waals surface area contributed by atoms with Crippen LogP contribution in [0.4, 0.5) is 5.69 Å². The average Bonchev–Trinajstić information content (AvgIpc) is 3.64. The van der Waals surface area contributed by atoms with Crippen molar-refractivity contribution >= 4 is 27.5 Å². The third-order valence-corrected chi connectivity index (χ3v) is 8.20. The summed E-state index contributed by atoms with van der Waals surface area (Å²) >= 11 is 0. The fourth-order valence-corrected chi connectivity index (χ4v) is 6.41. The van der Waals surface area contributed by atoms with Crippen LogP contribution in [0.15, 0.2) is 133 Å². The van der Waals surface area contributed by atoms with E-state index in [-0.39, 0.29) is 12.1 Å². The Morgan fingerprint density at radius 2 is 1.36 bits per heavy atom. The Hall–Kier alpha value is -4.86. The second-order valence-electron chi connectivity index (χ2n) is 10.4. The third kappa shape index (κ3) is 3.41. The summed E-state index contributed by atoms with van der Waals surface area (Å²) in [5.41, 5.74) is 18.6. The van der Waals surface area contributed by atoms with Gasteiger partial charge < -0.3 is 15.6 Å². The van der Waals surface area contributed by atoms with Gasteiger partial charge >= 0.3 is 0 Å². The van der Waals surface area contributed by atoms with E-state index in [1.807, 2.05) is 0 Å². The molecule has 2 heterocycles. The molecule has 3 N–H and O–H groups in total. The molecular formula is C36H27N3. The van der Waals surface area contributed by atoms with Crippen molar-refractivity contribution < 1.29 is 0 Å². The second kappa shape index (κ2) is 8.59. The molecule has 3 nitrogen and oxygen atoms in total. The van der Waals surface area contributed by atoms with Gasteiger partial charge in [0, 0.05) is 39.2 Å². The Balaban J connectivity index is 1.29. The predicted octanol–water partition coefficient (Wildman–Crippen LogP) is 8.71. The first-order valence-corrected chi connectivity index (χ1v) is 13.5. The summed E-state index contributed by atoms with van der Waals surface area (Å²) in [7, 11) is 0. The SMILES string of the molecule is NC1Nc2ccc(-c3ccc4c(c3)c3ccccc3n4-c3ccccc3)cc2-c2cccc(C3C=CC=C3)c21. The molecule has 1 aromatic heterocycles. The number of rotatable bonds is 3. The van der Waals surface area contributed by atoms with Gasteiger partial charge in [-0.1, -0.05) is 91.0 Å². The van der Waals surface area contributed by atoms with Crippen LogP contribution in [-0.4, -0.2) is 4.57 Å². The van der Waals surface area contributed by atoms with Gasteiger partial charge in [-0.25, -0.2) is 0 Å². The minimum atomic E-state index is -0.239. The lowest BCUT2D eigenvalue weighted by molar-refractivity contribution is 0.808. The Kier molecular flexibility index (Phi) is 4.88. The molecule has 8 rings (SSSR count). The van der Waals surface area contributed by atoms with Crippen LogP contribution >= 0.6 is 0 Å². The summed E-state index contributed by atoms with van der Waals surface area (Å²) < 4.78 is 2.36. The molecular weight excluding hydrogens is 474 g/mol. The van der Waals surface area contributed by atoms with Crippen molar-refractivity contribution in [2.45, 2.75) is 12.1 Å². The van der Waals surface area contributed by atoms with Gasteiger partial charge in [-0.2, -0.15) is 0 Å². The monoisotopic (exact) mass is 501 g/mol. The summed E-state index contributed by atoms with van der Waals surface area (Å²) in [6.07, 6.45) is 8.45. The van der Waals surface area contributed by atoms with Crippen molar-refractivity contribution in [3.8, 4) is 27.9 Å². The molecule has 0 radical (unpaired) electrons. The first kappa shape index (κ1) is 22.2. The quantitative estimate of drug-likeness (QED) is 0.255. The number of aromatic nitrogens is 1. The predicted molar refractivity (Wildman–Crippen MR) is 163 cm³/mol. The molecule has 0 spiro atoms. The number of benzene rings is 5. The molecule has 1 atom stereocenters. The number of nitrogens with two attached hydrogens (primary N) is 1. The topological polar surface area (TPSA) is 43.0 Å². The van der Waals surface area contributed by atoms with Gasteiger partial charge in [0.1, 0.15) is 6.17 Å². The Morgan fingerprint density at radius 3 is 2.23 bits per heavy atom. The van der Waals surface area contributed by atoms with Crippen LogP contribution in [0.3, 0.4) is 0 Å². The average molecular weight is 502 g/mol. The van der Waals surface area contributed by atoms with Crippen LogP contribution in [0.2, 0.25) is 0 Å². The van der Waals surface area contributed by atoms with E-state index < -0.39 is 0 Å². The zero-order valence-electron chi connectivity index (χ0n) is 21.4. The molecule has 3 heteroatoms. The maximum absolute atomic E-state index is 6.68. The van der Waals surface area contributed by atoms with Gasteiger partial charge in [0.2, 0.25) is 0 Å². The number of nitrogens with one attached hydrogen (secondary N) is 1. The molecule has 0 saturated heterocycles. The standard InChI is InChI=1S/C36H27N3/c37-36-35-27(23-9-4-5-10-23)14-8-15-29(35)30-21-24(17-19-32(30)38-36)25-18-20-34-31(22-25)28-13-6-7-16-33(28)39(34)26-11-2-1-3-12-26/h1-23,36,38H,37H2. The number of allylic oxidation sites excluding steroid dienone is 4. The van der Waals surface area contributed by atoms with Crippen molar-refractivity contribution in [3.63, 3.8) is 0 Å². The lowest BCUT2D eigenvalue weighted by Crippen LogP contribution is -2.26. The highest BCUT2D eigenvalue weighted by Gasteiger charge is 2.26. The van der Waals surface area contributed by atoms with Crippen LogP contribution in [0, 0.1) is 0 Å². The summed E-state index contributed by atoms with van der Waals surface area (Å²) in [6.45, 7) is 0. The van der Waals surface area contributed by atoms with E-state index in [4.69, 9.17) is 5.73 Å². The maximum atomic E-state index is 6.68. The van der Waals surface area contributed by atoms with Gasteiger partial charge in [0.05, 0.1) is 11.0 Å². The molecule has 1 aliphatic carbocycles. The molecule has 0 fully saturated rings. The second-order valence-corrected chi connectivity index (χ2v) is 10.4. The summed E-state index contributed by atoms with van der Waals surface area (Å²) in [4.78, 5) is 0. The van der Waals surface area contributed by atoms with Crippen LogP contribution in [-0.2, 0) is 0 Å². The lowest BCUT2D eigenvalue weighted by atomic mass is 9.84. The van der Waals surface area contributed by atoms with Gasteiger partial charge in [-0.05, 0) is 64.7 Å². The van der Waals surface area contributed by atoms with E-state index in [1.54, 1.807) is 0 Å². The largest absolute Gasteiger partial charge is 0.366 e. The zero-order valence-corrected chi connectivity index (χ0v) is 21.4. The molecule has 5 aromatic carbocycles. The smallest absolute Gasteiger partial charge is 0.102 e. The summed E-state index contributed by atoms with van der Waals surface area (Å²) in [6, 6.07) is 39.4. The first-order valence-electron chi connectivity index (χ1n) is 13.5. The van der Waals surface area contributed by atoms with Crippen LogP contribution < -0.4 is 11.1 Å². The molecule has 186 valence electrons. The van der Waals surface area contributed by atoms with E-state index in [2.05, 4.69) is 143 Å². The molecule has 1 unspecified atom stereocenters. The van der Waals surface area contributed by atoms with E-state index >= 15 is 0 Å². The number of hydrogen-bond acceptors (Lipinski definition) is 2. The van der Waals surface area contributed by atoms with Crippen molar-refractivity contribution in [1.29, 1.82) is 0 Å². The van der Waals surface area contributed by atoms with E-state index in [0.717, 1.165) is 5.69 Å². The highest BCUT2D eigenvalue weighted by molar-refractivity contribution is 6.10. The summed E-state index contributed by atoms with van der Waals surface area (Å²) in [5, 5.41) is 6.08. The molecule has 2 aliphatic rings. The van der Waals surface area contributed by atoms with Gasteiger partial charge in [-0.15, -0.1) is 0 Å². The van der Waals surface area contributed by atoms with Crippen molar-refractivity contribution in [3.05, 3.63) is 145 Å². The molecule has 0 saturated carbocycles. The molecule has 0 amide bonds. The van der Waals surface area contributed by atoms with Crippen molar-refractivity contribution in [2.24, 2.45) is 5.73 Å². The Bertz CT molecular complexity index is 1950. The lowest BCUT2D eigenvalue weighted by Gasteiger charge is -2.30. The van der Waals surface area contributed by atoms with E-state index in [0.29, 0.717) is 0 Å².